The van der Waals surface area contributed by atoms with E-state index in [0.29, 0.717) is 5.75 Å². The van der Waals surface area contributed by atoms with Gasteiger partial charge in [-0.2, -0.15) is 5.10 Å². The number of nitrogens with one attached hydrogen (secondary N) is 2. The summed E-state index contributed by atoms with van der Waals surface area (Å²) >= 11 is 0. The third-order valence-electron chi connectivity index (χ3n) is 4.44. The zero-order valence-electron chi connectivity index (χ0n) is 14.1. The highest BCUT2D eigenvalue weighted by molar-refractivity contribution is 6.00. The van der Waals surface area contributed by atoms with E-state index in [1.165, 1.54) is 0 Å². The summed E-state index contributed by atoms with van der Waals surface area (Å²) in [5, 5.41) is 11.7. The number of H-pyrrole nitrogens is 1. The number of para-hydroxylation sites is 2. The maximum absolute atomic E-state index is 6.18. The fourth-order valence-electron chi connectivity index (χ4n) is 3.19. The Morgan fingerprint density at radius 2 is 1.96 bits per heavy atom. The second kappa shape index (κ2) is 5.45. The molecule has 0 saturated carbocycles. The van der Waals surface area contributed by atoms with Gasteiger partial charge in [-0.25, -0.2) is 9.97 Å². The molecule has 0 unspecified atom stereocenters. The van der Waals surface area contributed by atoms with Gasteiger partial charge in [-0.1, -0.05) is 19.1 Å². The zero-order valence-corrected chi connectivity index (χ0v) is 14.1. The van der Waals surface area contributed by atoms with Gasteiger partial charge in [-0.15, -0.1) is 0 Å². The highest BCUT2D eigenvalue weighted by atomic mass is 16.5. The first kappa shape index (κ1) is 14.7. The fourth-order valence-corrected chi connectivity index (χ4v) is 3.19. The third-order valence-corrected chi connectivity index (χ3v) is 4.44. The summed E-state index contributed by atoms with van der Waals surface area (Å²) in [7, 11) is 0. The number of benzene rings is 2. The van der Waals surface area contributed by atoms with Gasteiger partial charge in [0.05, 0.1) is 22.3 Å². The van der Waals surface area contributed by atoms with Crippen LogP contribution >= 0.6 is 0 Å². The van der Waals surface area contributed by atoms with E-state index in [1.807, 2.05) is 49.4 Å². The number of nitrogens with two attached hydrogens (primary N) is 1. The SMILES string of the molecule is CCc1cc(-c2cc3c4c(n[nH]c4c2)Nc2ccccc2O3)nc(N)n1. The lowest BCUT2D eigenvalue weighted by atomic mass is 10.1. The van der Waals surface area contributed by atoms with Gasteiger partial charge in [0.1, 0.15) is 5.75 Å². The maximum Gasteiger partial charge on any atom is 0.220 e. The van der Waals surface area contributed by atoms with Crippen molar-refractivity contribution in [3.8, 4) is 22.8 Å². The Labute approximate surface area is 149 Å². The minimum absolute atomic E-state index is 0.267. The lowest BCUT2D eigenvalue weighted by Gasteiger charge is -2.10. The minimum atomic E-state index is 0.267. The molecule has 0 amide bonds. The molecular weight excluding hydrogens is 328 g/mol. The van der Waals surface area contributed by atoms with Crippen LogP contribution in [0.4, 0.5) is 17.5 Å². The number of hydrogen-bond acceptors (Lipinski definition) is 6. The number of rotatable bonds is 2. The van der Waals surface area contributed by atoms with Crippen LogP contribution in [0.25, 0.3) is 22.2 Å². The van der Waals surface area contributed by atoms with E-state index in [1.54, 1.807) is 0 Å². The largest absolute Gasteiger partial charge is 0.454 e. The monoisotopic (exact) mass is 344 g/mol. The van der Waals surface area contributed by atoms with Gasteiger partial charge in [0.25, 0.3) is 0 Å². The van der Waals surface area contributed by atoms with Crippen molar-refractivity contribution in [3.63, 3.8) is 0 Å². The second-order valence-corrected chi connectivity index (χ2v) is 6.15. The Morgan fingerprint density at radius 1 is 1.08 bits per heavy atom. The highest BCUT2D eigenvalue weighted by Crippen LogP contribution is 2.43. The predicted molar refractivity (Wildman–Crippen MR) is 101 cm³/mol. The van der Waals surface area contributed by atoms with Gasteiger partial charge in [-0.05, 0) is 36.8 Å². The number of aromatic amines is 1. The second-order valence-electron chi connectivity index (χ2n) is 6.15. The molecule has 0 radical (unpaired) electrons. The van der Waals surface area contributed by atoms with Crippen molar-refractivity contribution in [2.75, 3.05) is 11.1 Å². The van der Waals surface area contributed by atoms with Crippen molar-refractivity contribution >= 4 is 28.4 Å². The fraction of sp³-hybridized carbons (Fsp3) is 0.105. The van der Waals surface area contributed by atoms with Crippen molar-refractivity contribution in [1.82, 2.24) is 20.2 Å². The van der Waals surface area contributed by atoms with E-state index < -0.39 is 0 Å². The smallest absolute Gasteiger partial charge is 0.220 e. The molecule has 1 aliphatic rings. The molecule has 26 heavy (non-hydrogen) atoms. The van der Waals surface area contributed by atoms with E-state index >= 15 is 0 Å². The van der Waals surface area contributed by atoms with Crippen LogP contribution < -0.4 is 15.8 Å². The Morgan fingerprint density at radius 3 is 2.85 bits per heavy atom. The van der Waals surface area contributed by atoms with Gasteiger partial charge >= 0.3 is 0 Å². The van der Waals surface area contributed by atoms with Crippen LogP contribution in [0.15, 0.2) is 42.5 Å². The number of aryl methyl sites for hydroxylation is 1. The molecular formula is C19H16N6O. The Kier molecular flexibility index (Phi) is 3.08. The Bertz CT molecular complexity index is 1150. The van der Waals surface area contributed by atoms with Crippen LogP contribution in [0.3, 0.4) is 0 Å². The summed E-state index contributed by atoms with van der Waals surface area (Å²) in [4.78, 5) is 8.64. The summed E-state index contributed by atoms with van der Waals surface area (Å²) < 4.78 is 6.18. The van der Waals surface area contributed by atoms with Crippen molar-refractivity contribution in [1.29, 1.82) is 0 Å². The zero-order chi connectivity index (χ0) is 17.7. The number of anilines is 3. The summed E-state index contributed by atoms with van der Waals surface area (Å²) in [5.74, 6) is 2.47. The molecule has 0 aliphatic carbocycles. The van der Waals surface area contributed by atoms with Crippen LogP contribution in [0.2, 0.25) is 0 Å². The minimum Gasteiger partial charge on any atom is -0.454 e. The first-order valence-electron chi connectivity index (χ1n) is 8.41. The Balaban J connectivity index is 1.72. The normalized spacial score (nSPS) is 12.2. The predicted octanol–water partition coefficient (Wildman–Crippen LogP) is 4.01. The van der Waals surface area contributed by atoms with Crippen LogP contribution in [0, 0.1) is 0 Å². The molecule has 1 aliphatic heterocycles. The molecule has 7 heteroatoms. The molecule has 0 spiro atoms. The molecule has 2 aromatic carbocycles. The average Bonchev–Trinajstić information content (AvgIpc) is 2.97. The number of nitrogen functional groups attached to an aromatic ring is 1. The quantitative estimate of drug-likeness (QED) is 0.447. The molecule has 128 valence electrons. The number of fused-ring (bicyclic) bond motifs is 1. The summed E-state index contributed by atoms with van der Waals surface area (Å²) in [6, 6.07) is 13.7. The van der Waals surface area contributed by atoms with Crippen molar-refractivity contribution < 1.29 is 4.74 Å². The highest BCUT2D eigenvalue weighted by Gasteiger charge is 2.20. The average molecular weight is 344 g/mol. The molecule has 0 saturated heterocycles. The first-order chi connectivity index (χ1) is 12.7. The van der Waals surface area contributed by atoms with E-state index in [4.69, 9.17) is 10.5 Å². The Hall–Kier alpha value is -3.61. The first-order valence-corrected chi connectivity index (χ1v) is 8.41. The van der Waals surface area contributed by atoms with Crippen molar-refractivity contribution in [2.45, 2.75) is 13.3 Å². The van der Waals surface area contributed by atoms with Gasteiger partial charge in [0.15, 0.2) is 11.6 Å². The molecule has 5 rings (SSSR count). The summed E-state index contributed by atoms with van der Waals surface area (Å²) in [6.07, 6.45) is 0.789. The van der Waals surface area contributed by atoms with Crippen LogP contribution in [-0.2, 0) is 6.42 Å². The molecule has 0 atom stereocenters. The van der Waals surface area contributed by atoms with Gasteiger partial charge in [0, 0.05) is 11.3 Å². The summed E-state index contributed by atoms with van der Waals surface area (Å²) in [6.45, 7) is 2.04. The van der Waals surface area contributed by atoms with E-state index in [0.717, 1.165) is 51.5 Å². The molecule has 0 bridgehead atoms. The van der Waals surface area contributed by atoms with Gasteiger partial charge in [0.2, 0.25) is 5.95 Å². The van der Waals surface area contributed by atoms with Gasteiger partial charge in [-0.3, -0.25) is 5.10 Å². The number of nitrogens with zero attached hydrogens (tertiary/aromatic N) is 3. The van der Waals surface area contributed by atoms with Gasteiger partial charge < -0.3 is 15.8 Å². The van der Waals surface area contributed by atoms with Crippen LogP contribution in [0.5, 0.6) is 11.5 Å². The van der Waals surface area contributed by atoms with E-state index in [9.17, 15) is 0 Å². The third kappa shape index (κ3) is 2.25. The van der Waals surface area contributed by atoms with E-state index in [-0.39, 0.29) is 5.95 Å². The topological polar surface area (TPSA) is 102 Å². The standard InChI is InChI=1S/C19H16N6O/c1-2-11-9-13(23-19(20)21-11)10-7-14-17-16(8-10)26-15-6-4-3-5-12(15)22-18(17)25-24-14/h3-9H,2H2,1H3,(H2,20,21,23)(H2,22,24,25). The number of ether oxygens (including phenoxy) is 1. The maximum atomic E-state index is 6.18. The molecule has 2 aromatic heterocycles. The van der Waals surface area contributed by atoms with E-state index in [2.05, 4.69) is 25.5 Å². The molecule has 0 fully saturated rings. The molecule has 4 aromatic rings. The lowest BCUT2D eigenvalue weighted by Crippen LogP contribution is -2.00. The molecule has 4 N–H and O–H groups in total. The molecule has 3 heterocycles. The van der Waals surface area contributed by atoms with Crippen LogP contribution in [-0.4, -0.2) is 20.2 Å². The van der Waals surface area contributed by atoms with Crippen LogP contribution in [0.1, 0.15) is 12.6 Å². The molecule has 7 nitrogen and oxygen atoms in total. The number of hydrogen-bond donors (Lipinski definition) is 3. The van der Waals surface area contributed by atoms with Crippen molar-refractivity contribution in [3.05, 3.63) is 48.2 Å². The summed E-state index contributed by atoms with van der Waals surface area (Å²) in [5.41, 5.74) is 10.2. The number of aromatic nitrogens is 4. The lowest BCUT2D eigenvalue weighted by molar-refractivity contribution is 0.492. The van der Waals surface area contributed by atoms with Crippen molar-refractivity contribution in [2.24, 2.45) is 0 Å².